The molecule has 4 rings (SSSR count). The van der Waals surface area contributed by atoms with E-state index in [2.05, 4.69) is 9.97 Å². The van der Waals surface area contributed by atoms with Crippen LogP contribution in [0.1, 0.15) is 30.1 Å². The van der Waals surface area contributed by atoms with Gasteiger partial charge in [0, 0.05) is 18.9 Å². The summed E-state index contributed by atoms with van der Waals surface area (Å²) in [7, 11) is 0. The molecule has 126 valence electrons. The van der Waals surface area contributed by atoms with Gasteiger partial charge in [-0.3, -0.25) is 14.3 Å². The van der Waals surface area contributed by atoms with Gasteiger partial charge in [-0.2, -0.15) is 0 Å². The Bertz CT molecular complexity index is 847. The number of benzene rings is 1. The second-order valence-corrected chi connectivity index (χ2v) is 6.18. The molecule has 1 saturated heterocycles. The summed E-state index contributed by atoms with van der Waals surface area (Å²) in [6.07, 6.45) is 11.0. The highest BCUT2D eigenvalue weighted by molar-refractivity contribution is 5.79. The second kappa shape index (κ2) is 6.84. The van der Waals surface area contributed by atoms with E-state index < -0.39 is 0 Å². The van der Waals surface area contributed by atoms with Gasteiger partial charge in [-0.05, 0) is 18.4 Å². The Kier molecular flexibility index (Phi) is 4.24. The maximum Gasteiger partial charge on any atom is 0.227 e. The zero-order chi connectivity index (χ0) is 17.1. The minimum atomic E-state index is -0.00724. The first-order valence-electron chi connectivity index (χ1n) is 8.45. The van der Waals surface area contributed by atoms with Gasteiger partial charge in [-0.1, -0.05) is 30.3 Å². The third kappa shape index (κ3) is 3.28. The van der Waals surface area contributed by atoms with Gasteiger partial charge < -0.3 is 4.90 Å². The zero-order valence-electron chi connectivity index (χ0n) is 13.8. The summed E-state index contributed by atoms with van der Waals surface area (Å²) in [6.45, 7) is 0.771. The number of amides is 1. The summed E-state index contributed by atoms with van der Waals surface area (Å²) < 4.78 is 1.82. The number of nitrogens with zero attached hydrogens (tertiary/aromatic N) is 5. The maximum absolute atomic E-state index is 12.8. The van der Waals surface area contributed by atoms with Crippen LogP contribution in [0.15, 0.2) is 61.4 Å². The van der Waals surface area contributed by atoms with Gasteiger partial charge in [0.05, 0.1) is 30.6 Å². The van der Waals surface area contributed by atoms with Crippen LogP contribution >= 0.6 is 0 Å². The van der Waals surface area contributed by atoms with Crippen LogP contribution in [-0.4, -0.2) is 36.9 Å². The molecule has 0 unspecified atom stereocenters. The first-order valence-corrected chi connectivity index (χ1v) is 8.45. The van der Waals surface area contributed by atoms with Gasteiger partial charge >= 0.3 is 0 Å². The highest BCUT2D eigenvalue weighted by Gasteiger charge is 2.31. The van der Waals surface area contributed by atoms with Crippen molar-refractivity contribution in [2.45, 2.75) is 25.3 Å². The first kappa shape index (κ1) is 15.5. The van der Waals surface area contributed by atoms with Crippen molar-refractivity contribution in [3.8, 4) is 5.82 Å². The Morgan fingerprint density at radius 3 is 2.84 bits per heavy atom. The fourth-order valence-electron chi connectivity index (χ4n) is 3.29. The van der Waals surface area contributed by atoms with Crippen molar-refractivity contribution in [3.05, 3.63) is 72.7 Å². The van der Waals surface area contributed by atoms with Crippen LogP contribution in [-0.2, 0) is 11.2 Å². The fraction of sp³-hybridized carbons (Fsp3) is 0.263. The molecular formula is C19H19N5O. The number of likely N-dealkylation sites (tertiary alicyclic amines) is 1. The third-order valence-electron chi connectivity index (χ3n) is 4.52. The van der Waals surface area contributed by atoms with Gasteiger partial charge in [0.25, 0.3) is 0 Å². The zero-order valence-corrected chi connectivity index (χ0v) is 13.8. The lowest BCUT2D eigenvalue weighted by Crippen LogP contribution is -2.32. The standard InChI is InChI=1S/C19H19N5O/c25-19(11-15-5-2-1-3-6-15)24-9-4-7-17(24)16-12-21-13-18(22-16)23-10-8-20-14-23/h1-3,5-6,8,10,12-14,17H,4,7,9,11H2/t17-/m1/s1. The van der Waals surface area contributed by atoms with Gasteiger partial charge in [-0.15, -0.1) is 0 Å². The van der Waals surface area contributed by atoms with E-state index in [-0.39, 0.29) is 11.9 Å². The van der Waals surface area contributed by atoms with Crippen LogP contribution in [0.4, 0.5) is 0 Å². The van der Waals surface area contributed by atoms with Crippen LogP contribution in [0.3, 0.4) is 0 Å². The number of carbonyl (C=O) groups is 1. The lowest BCUT2D eigenvalue weighted by molar-refractivity contribution is -0.131. The molecule has 1 aliphatic rings. The third-order valence-corrected chi connectivity index (χ3v) is 4.52. The van der Waals surface area contributed by atoms with E-state index in [1.54, 1.807) is 24.9 Å². The van der Waals surface area contributed by atoms with Crippen LogP contribution < -0.4 is 0 Å². The number of hydrogen-bond donors (Lipinski definition) is 0. The molecular weight excluding hydrogens is 314 g/mol. The Labute approximate surface area is 146 Å². The molecule has 1 aromatic carbocycles. The Morgan fingerprint density at radius 2 is 2.04 bits per heavy atom. The van der Waals surface area contributed by atoms with Crippen molar-refractivity contribution in [1.82, 2.24) is 24.4 Å². The molecule has 0 saturated carbocycles. The molecule has 3 aromatic rings. The number of aromatic nitrogens is 4. The minimum absolute atomic E-state index is 0.00724. The molecule has 2 aromatic heterocycles. The predicted octanol–water partition coefficient (Wildman–Crippen LogP) is 2.57. The quantitative estimate of drug-likeness (QED) is 0.736. The molecule has 6 heteroatoms. The average molecular weight is 333 g/mol. The molecule has 1 atom stereocenters. The summed E-state index contributed by atoms with van der Waals surface area (Å²) >= 11 is 0. The molecule has 0 spiro atoms. The van der Waals surface area contributed by atoms with Gasteiger partial charge in [0.2, 0.25) is 5.91 Å². The van der Waals surface area contributed by atoms with Gasteiger partial charge in [0.1, 0.15) is 6.33 Å². The van der Waals surface area contributed by atoms with Crippen molar-refractivity contribution in [2.24, 2.45) is 0 Å². The smallest absolute Gasteiger partial charge is 0.227 e. The lowest BCUT2D eigenvalue weighted by atomic mass is 10.1. The van der Waals surface area contributed by atoms with E-state index in [9.17, 15) is 4.79 Å². The fourth-order valence-corrected chi connectivity index (χ4v) is 3.29. The van der Waals surface area contributed by atoms with Crippen LogP contribution in [0.5, 0.6) is 0 Å². The molecule has 0 radical (unpaired) electrons. The monoisotopic (exact) mass is 333 g/mol. The molecule has 1 fully saturated rings. The minimum Gasteiger partial charge on any atom is -0.334 e. The molecule has 1 amide bonds. The van der Waals surface area contributed by atoms with E-state index >= 15 is 0 Å². The van der Waals surface area contributed by atoms with E-state index in [0.717, 1.165) is 36.5 Å². The summed E-state index contributed by atoms with van der Waals surface area (Å²) in [5, 5.41) is 0. The lowest BCUT2D eigenvalue weighted by Gasteiger charge is -2.24. The second-order valence-electron chi connectivity index (χ2n) is 6.18. The maximum atomic E-state index is 12.8. The molecule has 0 aliphatic carbocycles. The molecule has 3 heterocycles. The summed E-state index contributed by atoms with van der Waals surface area (Å²) in [5.74, 6) is 0.862. The van der Waals surface area contributed by atoms with E-state index in [0.29, 0.717) is 6.42 Å². The van der Waals surface area contributed by atoms with Crippen molar-refractivity contribution >= 4 is 5.91 Å². The summed E-state index contributed by atoms with van der Waals surface area (Å²) in [6, 6.07) is 9.86. The normalized spacial score (nSPS) is 17.0. The van der Waals surface area contributed by atoms with Gasteiger partial charge in [0.15, 0.2) is 5.82 Å². The van der Waals surface area contributed by atoms with Crippen LogP contribution in [0.2, 0.25) is 0 Å². The Morgan fingerprint density at radius 1 is 1.16 bits per heavy atom. The summed E-state index contributed by atoms with van der Waals surface area (Å²) in [4.78, 5) is 27.8. The SMILES string of the molecule is O=C(Cc1ccccc1)N1CCC[C@@H]1c1cncc(-n2ccnc2)n1. The van der Waals surface area contributed by atoms with Crippen molar-refractivity contribution in [3.63, 3.8) is 0 Å². The van der Waals surface area contributed by atoms with Crippen molar-refractivity contribution in [2.75, 3.05) is 6.54 Å². The molecule has 1 aliphatic heterocycles. The van der Waals surface area contributed by atoms with Crippen LogP contribution in [0, 0.1) is 0 Å². The first-order chi connectivity index (χ1) is 12.3. The molecule has 0 bridgehead atoms. The van der Waals surface area contributed by atoms with Crippen molar-refractivity contribution in [1.29, 1.82) is 0 Å². The Balaban J connectivity index is 1.55. The van der Waals surface area contributed by atoms with E-state index in [4.69, 9.17) is 4.98 Å². The average Bonchev–Trinajstić information content (AvgIpc) is 3.35. The molecule has 0 N–H and O–H groups in total. The van der Waals surface area contributed by atoms with Crippen molar-refractivity contribution < 1.29 is 4.79 Å². The van der Waals surface area contributed by atoms with E-state index in [1.807, 2.05) is 46.0 Å². The summed E-state index contributed by atoms with van der Waals surface area (Å²) in [5.41, 5.74) is 1.88. The van der Waals surface area contributed by atoms with Gasteiger partial charge in [-0.25, -0.2) is 9.97 Å². The molecule has 6 nitrogen and oxygen atoms in total. The number of hydrogen-bond acceptors (Lipinski definition) is 4. The topological polar surface area (TPSA) is 63.9 Å². The highest BCUT2D eigenvalue weighted by Crippen LogP contribution is 2.31. The molecule has 25 heavy (non-hydrogen) atoms. The van der Waals surface area contributed by atoms with Crippen LogP contribution in [0.25, 0.3) is 5.82 Å². The highest BCUT2D eigenvalue weighted by atomic mass is 16.2. The number of rotatable bonds is 4. The Hall–Kier alpha value is -3.02. The largest absolute Gasteiger partial charge is 0.334 e. The predicted molar refractivity (Wildman–Crippen MR) is 93.0 cm³/mol. The number of imidazole rings is 1. The number of carbonyl (C=O) groups excluding carboxylic acids is 1. The van der Waals surface area contributed by atoms with E-state index in [1.165, 1.54) is 0 Å².